The van der Waals surface area contributed by atoms with Gasteiger partial charge in [-0.05, 0) is 24.6 Å². The number of benzene rings is 1. The smallest absolute Gasteiger partial charge is 0.419 e. The molecular weight excluding hydrogens is 236 g/mol. The summed E-state index contributed by atoms with van der Waals surface area (Å²) < 4.78 is 6.50. The van der Waals surface area contributed by atoms with Gasteiger partial charge in [-0.15, -0.1) is 0 Å². The normalized spacial score (nSPS) is 12.8. The highest BCUT2D eigenvalue weighted by atomic mass is 16.4. The number of aryl methyl sites for hydroxylation is 1. The van der Waals surface area contributed by atoms with Gasteiger partial charge in [-0.25, -0.2) is 4.79 Å². The minimum Gasteiger partial charge on any atom is -0.481 e. The molecule has 3 N–H and O–H groups in total. The average Bonchev–Trinajstić information content (AvgIpc) is 2.64. The molecule has 0 fully saturated rings. The van der Waals surface area contributed by atoms with Crippen LogP contribution in [0.2, 0.25) is 0 Å². The van der Waals surface area contributed by atoms with E-state index in [1.807, 2.05) is 6.92 Å². The highest BCUT2D eigenvalue weighted by Gasteiger charge is 2.19. The number of nitrogens with zero attached hydrogens (tertiary/aromatic N) is 1. The fourth-order valence-corrected chi connectivity index (χ4v) is 1.97. The Labute approximate surface area is 103 Å². The molecule has 0 aliphatic rings. The maximum Gasteiger partial charge on any atom is 0.419 e. The van der Waals surface area contributed by atoms with Gasteiger partial charge in [0.25, 0.3) is 0 Å². The largest absolute Gasteiger partial charge is 0.481 e. The summed E-state index contributed by atoms with van der Waals surface area (Å²) in [4.78, 5) is 22.6. The van der Waals surface area contributed by atoms with Crippen LogP contribution in [0.4, 0.5) is 0 Å². The molecular formula is C12H14N2O4. The molecule has 0 amide bonds. The summed E-state index contributed by atoms with van der Waals surface area (Å²) in [6.07, 6.45) is 0. The number of hydrogen-bond acceptors (Lipinski definition) is 4. The van der Waals surface area contributed by atoms with Crippen molar-refractivity contribution in [2.75, 3.05) is 6.54 Å². The summed E-state index contributed by atoms with van der Waals surface area (Å²) in [6, 6.07) is 4.87. The minimum absolute atomic E-state index is 0.00898. The number of aromatic nitrogens is 1. The third kappa shape index (κ3) is 1.91. The Balaban J connectivity index is 2.62. The topological polar surface area (TPSA) is 98.5 Å². The van der Waals surface area contributed by atoms with E-state index in [-0.39, 0.29) is 6.54 Å². The van der Waals surface area contributed by atoms with E-state index in [9.17, 15) is 9.59 Å². The number of rotatable bonds is 4. The van der Waals surface area contributed by atoms with E-state index in [4.69, 9.17) is 15.3 Å². The monoisotopic (exact) mass is 250 g/mol. The van der Waals surface area contributed by atoms with Crippen LogP contribution in [0.5, 0.6) is 0 Å². The Kier molecular flexibility index (Phi) is 3.20. The van der Waals surface area contributed by atoms with E-state index in [0.29, 0.717) is 23.2 Å². The SMILES string of the molecule is CCn1c(=O)oc2ccc(C(CN)C(=O)O)cc21. The average molecular weight is 250 g/mol. The summed E-state index contributed by atoms with van der Waals surface area (Å²) in [5, 5.41) is 9.06. The molecule has 96 valence electrons. The quantitative estimate of drug-likeness (QED) is 0.833. The van der Waals surface area contributed by atoms with Crippen LogP contribution in [0.1, 0.15) is 18.4 Å². The van der Waals surface area contributed by atoms with E-state index in [0.717, 1.165) is 0 Å². The van der Waals surface area contributed by atoms with Crippen LogP contribution in [-0.4, -0.2) is 22.2 Å². The Morgan fingerprint density at radius 3 is 2.83 bits per heavy atom. The van der Waals surface area contributed by atoms with Gasteiger partial charge in [-0.2, -0.15) is 0 Å². The summed E-state index contributed by atoms with van der Waals surface area (Å²) in [5.41, 5.74) is 7.07. The molecule has 1 unspecified atom stereocenters. The van der Waals surface area contributed by atoms with Crippen LogP contribution in [0.15, 0.2) is 27.4 Å². The lowest BCUT2D eigenvalue weighted by atomic mass is 9.99. The number of hydrogen-bond donors (Lipinski definition) is 2. The van der Waals surface area contributed by atoms with Crippen molar-refractivity contribution in [3.05, 3.63) is 34.3 Å². The predicted octanol–water partition coefficient (Wildman–Crippen LogP) is 0.741. The molecule has 0 bridgehead atoms. The second-order valence-electron chi connectivity index (χ2n) is 3.97. The standard InChI is InChI=1S/C12H14N2O4/c1-2-14-9-5-7(8(6-13)11(15)16)3-4-10(9)18-12(14)17/h3-5,8H,2,6,13H2,1H3,(H,15,16). The van der Waals surface area contributed by atoms with E-state index in [2.05, 4.69) is 0 Å². The lowest BCUT2D eigenvalue weighted by Gasteiger charge is -2.09. The summed E-state index contributed by atoms with van der Waals surface area (Å²) in [7, 11) is 0. The first kappa shape index (κ1) is 12.4. The van der Waals surface area contributed by atoms with Crippen molar-refractivity contribution in [3.8, 4) is 0 Å². The van der Waals surface area contributed by atoms with Gasteiger partial charge in [0.1, 0.15) is 0 Å². The Hall–Kier alpha value is -2.08. The van der Waals surface area contributed by atoms with Gasteiger partial charge in [0, 0.05) is 13.1 Å². The summed E-state index contributed by atoms with van der Waals surface area (Å²) in [6.45, 7) is 2.30. The van der Waals surface area contributed by atoms with Gasteiger partial charge in [0.05, 0.1) is 11.4 Å². The molecule has 1 aromatic heterocycles. The molecule has 1 atom stereocenters. The van der Waals surface area contributed by atoms with Gasteiger partial charge in [-0.3, -0.25) is 9.36 Å². The molecule has 2 aromatic rings. The minimum atomic E-state index is -0.981. The maximum atomic E-state index is 11.5. The maximum absolute atomic E-state index is 11.5. The van der Waals surface area contributed by atoms with Crippen molar-refractivity contribution < 1.29 is 14.3 Å². The fraction of sp³-hybridized carbons (Fsp3) is 0.333. The molecule has 0 saturated carbocycles. The van der Waals surface area contributed by atoms with Crippen molar-refractivity contribution >= 4 is 17.1 Å². The zero-order valence-corrected chi connectivity index (χ0v) is 9.92. The first-order valence-electron chi connectivity index (χ1n) is 5.64. The van der Waals surface area contributed by atoms with Gasteiger partial charge in [-0.1, -0.05) is 6.07 Å². The van der Waals surface area contributed by atoms with Crippen LogP contribution >= 0.6 is 0 Å². The van der Waals surface area contributed by atoms with Gasteiger partial charge >= 0.3 is 11.7 Å². The fourth-order valence-electron chi connectivity index (χ4n) is 1.97. The molecule has 0 aliphatic carbocycles. The third-order valence-electron chi connectivity index (χ3n) is 2.94. The van der Waals surface area contributed by atoms with Gasteiger partial charge < -0.3 is 15.3 Å². The van der Waals surface area contributed by atoms with Crippen molar-refractivity contribution in [1.82, 2.24) is 4.57 Å². The Morgan fingerprint density at radius 2 is 2.28 bits per heavy atom. The third-order valence-corrected chi connectivity index (χ3v) is 2.94. The molecule has 0 radical (unpaired) electrons. The number of oxazole rings is 1. The first-order valence-corrected chi connectivity index (χ1v) is 5.64. The molecule has 0 aliphatic heterocycles. The summed E-state index contributed by atoms with van der Waals surface area (Å²) >= 11 is 0. The van der Waals surface area contributed by atoms with Gasteiger partial charge in [0.15, 0.2) is 5.58 Å². The molecule has 1 heterocycles. The lowest BCUT2D eigenvalue weighted by molar-refractivity contribution is -0.138. The van der Waals surface area contributed by atoms with Crippen LogP contribution in [0.25, 0.3) is 11.1 Å². The highest BCUT2D eigenvalue weighted by molar-refractivity contribution is 5.80. The molecule has 1 aromatic carbocycles. The molecule has 18 heavy (non-hydrogen) atoms. The molecule has 0 spiro atoms. The number of nitrogens with two attached hydrogens (primary N) is 1. The van der Waals surface area contributed by atoms with Crippen LogP contribution in [-0.2, 0) is 11.3 Å². The second kappa shape index (κ2) is 4.66. The van der Waals surface area contributed by atoms with Crippen LogP contribution in [0, 0.1) is 0 Å². The lowest BCUT2D eigenvalue weighted by Crippen LogP contribution is -2.21. The first-order chi connectivity index (χ1) is 8.58. The van der Waals surface area contributed by atoms with E-state index >= 15 is 0 Å². The number of carboxylic acids is 1. The van der Waals surface area contributed by atoms with Crippen LogP contribution in [0.3, 0.4) is 0 Å². The number of carboxylic acid groups (broad SMARTS) is 1. The number of fused-ring (bicyclic) bond motifs is 1. The molecule has 2 rings (SSSR count). The van der Waals surface area contributed by atoms with Crippen molar-refractivity contribution in [3.63, 3.8) is 0 Å². The van der Waals surface area contributed by atoms with Crippen LogP contribution < -0.4 is 11.5 Å². The highest BCUT2D eigenvalue weighted by Crippen LogP contribution is 2.21. The second-order valence-corrected chi connectivity index (χ2v) is 3.97. The van der Waals surface area contributed by atoms with E-state index < -0.39 is 17.6 Å². The Morgan fingerprint density at radius 1 is 1.56 bits per heavy atom. The molecule has 0 saturated heterocycles. The summed E-state index contributed by atoms with van der Waals surface area (Å²) in [5.74, 6) is -2.19. The van der Waals surface area contributed by atoms with Crippen molar-refractivity contribution in [2.45, 2.75) is 19.4 Å². The van der Waals surface area contributed by atoms with Gasteiger partial charge in [0.2, 0.25) is 0 Å². The Bertz CT molecular complexity index is 641. The zero-order chi connectivity index (χ0) is 13.3. The van der Waals surface area contributed by atoms with E-state index in [1.54, 1.807) is 18.2 Å². The van der Waals surface area contributed by atoms with Crippen molar-refractivity contribution in [2.24, 2.45) is 5.73 Å². The van der Waals surface area contributed by atoms with Crippen molar-refractivity contribution in [1.29, 1.82) is 0 Å². The number of carbonyl (C=O) groups is 1. The zero-order valence-electron chi connectivity index (χ0n) is 9.92. The number of aliphatic carboxylic acids is 1. The molecule has 6 nitrogen and oxygen atoms in total. The predicted molar refractivity (Wildman–Crippen MR) is 65.6 cm³/mol. The van der Waals surface area contributed by atoms with E-state index in [1.165, 1.54) is 4.57 Å². The molecule has 6 heteroatoms.